The van der Waals surface area contributed by atoms with E-state index in [9.17, 15) is 9.90 Å². The lowest BCUT2D eigenvalue weighted by Gasteiger charge is -2.17. The number of carbonyl (C=O) groups is 1. The molecular weight excluding hydrogens is 380 g/mol. The maximum Gasteiger partial charge on any atom is 0.250 e. The highest BCUT2D eigenvalue weighted by Gasteiger charge is 2.35. The first kappa shape index (κ1) is 19.1. The van der Waals surface area contributed by atoms with E-state index in [2.05, 4.69) is 29.7 Å². The Morgan fingerprint density at radius 2 is 1.90 bits per heavy atom. The minimum absolute atomic E-state index is 0.147. The predicted molar refractivity (Wildman–Crippen MR) is 115 cm³/mol. The van der Waals surface area contributed by atoms with E-state index in [1.807, 2.05) is 0 Å². The van der Waals surface area contributed by atoms with Crippen LogP contribution >= 0.6 is 0 Å². The number of nitrogens with zero attached hydrogens (tertiary/aromatic N) is 5. The molecule has 150 valence electrons. The number of hydrogen-bond donors (Lipinski definition) is 2. The van der Waals surface area contributed by atoms with Crippen LogP contribution < -0.4 is 5.73 Å². The zero-order valence-corrected chi connectivity index (χ0v) is 16.2. The third-order valence-corrected chi connectivity index (χ3v) is 5.11. The number of nitrogens with two attached hydrogens (primary N) is 1. The van der Waals surface area contributed by atoms with Gasteiger partial charge >= 0.3 is 0 Å². The molecule has 2 aromatic heterocycles. The largest absolute Gasteiger partial charge is 0.508 e. The third kappa shape index (κ3) is 2.86. The summed E-state index contributed by atoms with van der Waals surface area (Å²) in [6, 6.07) is 6.29. The standard InChI is InChI=1S/C22H20N6O2/c1-4-15-16(5-2)27(18(30)6-3)11-17(15)28-22-19(21(23)24-12-25-22)20(26-28)13-7-9-14(29)10-8-13/h4-10,12,17,29H,1-3,11H2,(H2,23,24,25). The molecule has 0 saturated carbocycles. The number of phenols is 1. The van der Waals surface area contributed by atoms with E-state index >= 15 is 0 Å². The summed E-state index contributed by atoms with van der Waals surface area (Å²) in [5.74, 6) is 0.198. The summed E-state index contributed by atoms with van der Waals surface area (Å²) in [4.78, 5) is 22.5. The first-order chi connectivity index (χ1) is 14.5. The number of aromatic hydroxyl groups is 1. The predicted octanol–water partition coefficient (Wildman–Crippen LogP) is 2.98. The van der Waals surface area contributed by atoms with Crippen LogP contribution in [0.3, 0.4) is 0 Å². The van der Waals surface area contributed by atoms with Crippen LogP contribution in [0.5, 0.6) is 5.75 Å². The monoisotopic (exact) mass is 400 g/mol. The van der Waals surface area contributed by atoms with Crippen molar-refractivity contribution < 1.29 is 9.90 Å². The Bertz CT molecular complexity index is 1220. The number of hydrogen-bond acceptors (Lipinski definition) is 6. The molecule has 30 heavy (non-hydrogen) atoms. The van der Waals surface area contributed by atoms with E-state index in [4.69, 9.17) is 10.8 Å². The van der Waals surface area contributed by atoms with E-state index in [-0.39, 0.29) is 17.7 Å². The molecule has 3 heterocycles. The molecule has 3 aromatic rings. The summed E-state index contributed by atoms with van der Waals surface area (Å²) in [5, 5.41) is 15.0. The molecule has 0 radical (unpaired) electrons. The molecule has 0 bridgehead atoms. The fourth-order valence-corrected chi connectivity index (χ4v) is 3.73. The minimum atomic E-state index is -0.345. The zero-order chi connectivity index (χ0) is 21.4. The maximum atomic E-state index is 12.4. The summed E-state index contributed by atoms with van der Waals surface area (Å²) in [6.07, 6.45) is 5.95. The highest BCUT2D eigenvalue weighted by molar-refractivity contribution is 5.98. The second-order valence-electron chi connectivity index (χ2n) is 6.72. The van der Waals surface area contributed by atoms with Crippen molar-refractivity contribution in [1.29, 1.82) is 0 Å². The molecule has 0 fully saturated rings. The van der Waals surface area contributed by atoms with Crippen LogP contribution in [0, 0.1) is 0 Å². The summed E-state index contributed by atoms with van der Waals surface area (Å²) < 4.78 is 1.73. The third-order valence-electron chi connectivity index (χ3n) is 5.11. The van der Waals surface area contributed by atoms with Crippen molar-refractivity contribution in [3.63, 3.8) is 0 Å². The fraction of sp³-hybridized carbons (Fsp3) is 0.0909. The summed E-state index contributed by atoms with van der Waals surface area (Å²) in [7, 11) is 0. The number of amides is 1. The number of phenolic OH excluding ortho intramolecular Hbond substituents is 1. The van der Waals surface area contributed by atoms with E-state index < -0.39 is 0 Å². The molecule has 1 aromatic carbocycles. The topological polar surface area (TPSA) is 110 Å². The van der Waals surface area contributed by atoms with Crippen molar-refractivity contribution in [2.75, 3.05) is 12.3 Å². The molecule has 1 atom stereocenters. The molecule has 1 aliphatic heterocycles. The van der Waals surface area contributed by atoms with Gasteiger partial charge in [0.2, 0.25) is 5.91 Å². The van der Waals surface area contributed by atoms with Crippen molar-refractivity contribution in [3.05, 3.63) is 79.8 Å². The number of rotatable bonds is 5. The highest BCUT2D eigenvalue weighted by atomic mass is 16.3. The molecule has 0 spiro atoms. The first-order valence-corrected chi connectivity index (χ1v) is 9.21. The average molecular weight is 400 g/mol. The van der Waals surface area contributed by atoms with Gasteiger partial charge in [0, 0.05) is 16.8 Å². The molecule has 8 heteroatoms. The van der Waals surface area contributed by atoms with Gasteiger partial charge in [-0.2, -0.15) is 5.10 Å². The van der Waals surface area contributed by atoms with Crippen LogP contribution in [-0.4, -0.2) is 42.2 Å². The van der Waals surface area contributed by atoms with Gasteiger partial charge in [-0.3, -0.25) is 4.79 Å². The van der Waals surface area contributed by atoms with Crippen molar-refractivity contribution in [2.24, 2.45) is 0 Å². The SMILES string of the molecule is C=CC(=O)N1CC(n2nc(-c3ccc(O)cc3)c3c(N)ncnc32)C(C=C)=C1C=C. The molecule has 8 nitrogen and oxygen atoms in total. The molecule has 0 aliphatic carbocycles. The van der Waals surface area contributed by atoms with Gasteiger partial charge in [-0.05, 0) is 36.4 Å². The maximum absolute atomic E-state index is 12.4. The van der Waals surface area contributed by atoms with Gasteiger partial charge in [-0.25, -0.2) is 14.6 Å². The quantitative estimate of drug-likeness (QED) is 0.637. The lowest BCUT2D eigenvalue weighted by Crippen LogP contribution is -2.28. The smallest absolute Gasteiger partial charge is 0.250 e. The Labute approximate surface area is 173 Å². The number of fused-ring (bicyclic) bond motifs is 1. The number of carbonyl (C=O) groups excluding carboxylic acids is 1. The Balaban J connectivity index is 1.95. The van der Waals surface area contributed by atoms with Gasteiger partial charge in [0.05, 0.1) is 18.0 Å². The fourth-order valence-electron chi connectivity index (χ4n) is 3.73. The van der Waals surface area contributed by atoms with Crippen molar-refractivity contribution >= 4 is 22.8 Å². The van der Waals surface area contributed by atoms with Gasteiger partial charge in [-0.15, -0.1) is 0 Å². The van der Waals surface area contributed by atoms with E-state index in [0.717, 1.165) is 11.1 Å². The molecule has 0 saturated heterocycles. The molecule has 1 aliphatic rings. The first-order valence-electron chi connectivity index (χ1n) is 9.21. The van der Waals surface area contributed by atoms with Crippen LogP contribution in [-0.2, 0) is 4.79 Å². The zero-order valence-electron chi connectivity index (χ0n) is 16.2. The van der Waals surface area contributed by atoms with Gasteiger partial charge in [-0.1, -0.05) is 25.8 Å². The summed E-state index contributed by atoms with van der Waals surface area (Å²) >= 11 is 0. The Morgan fingerprint density at radius 3 is 2.53 bits per heavy atom. The highest BCUT2D eigenvalue weighted by Crippen LogP contribution is 2.38. The number of aromatic nitrogens is 4. The Hall–Kier alpha value is -4.20. The number of nitrogen functional groups attached to an aromatic ring is 1. The molecule has 3 N–H and O–H groups in total. The number of anilines is 1. The Kier molecular flexibility index (Phi) is 4.67. The van der Waals surface area contributed by atoms with Crippen LogP contribution in [0.25, 0.3) is 22.3 Å². The van der Waals surface area contributed by atoms with E-state index in [1.54, 1.807) is 46.0 Å². The van der Waals surface area contributed by atoms with Gasteiger partial charge < -0.3 is 15.7 Å². The number of allylic oxidation sites excluding steroid dienone is 2. The van der Waals surface area contributed by atoms with E-state index in [0.29, 0.717) is 34.8 Å². The van der Waals surface area contributed by atoms with Gasteiger partial charge in [0.25, 0.3) is 0 Å². The van der Waals surface area contributed by atoms with Crippen LogP contribution in [0.2, 0.25) is 0 Å². The Morgan fingerprint density at radius 1 is 1.17 bits per heavy atom. The van der Waals surface area contributed by atoms with Crippen LogP contribution in [0.4, 0.5) is 5.82 Å². The second kappa shape index (κ2) is 7.32. The normalized spacial score (nSPS) is 16.1. The van der Waals surface area contributed by atoms with Crippen LogP contribution in [0.15, 0.2) is 79.8 Å². The lowest BCUT2D eigenvalue weighted by molar-refractivity contribution is -0.123. The van der Waals surface area contributed by atoms with Gasteiger partial charge in [0.15, 0.2) is 5.65 Å². The molecule has 1 unspecified atom stereocenters. The molecule has 4 rings (SSSR count). The lowest BCUT2D eigenvalue weighted by atomic mass is 10.1. The minimum Gasteiger partial charge on any atom is -0.508 e. The average Bonchev–Trinajstić information content (AvgIpc) is 3.32. The van der Waals surface area contributed by atoms with Crippen LogP contribution in [0.1, 0.15) is 6.04 Å². The summed E-state index contributed by atoms with van der Waals surface area (Å²) in [6.45, 7) is 11.7. The van der Waals surface area contributed by atoms with Crippen molar-refractivity contribution in [3.8, 4) is 17.0 Å². The van der Waals surface area contributed by atoms with Gasteiger partial charge in [0.1, 0.15) is 23.6 Å². The number of benzene rings is 1. The van der Waals surface area contributed by atoms with Crippen molar-refractivity contribution in [2.45, 2.75) is 6.04 Å². The molecular formula is C22H20N6O2. The molecule has 1 amide bonds. The van der Waals surface area contributed by atoms with E-state index in [1.165, 1.54) is 12.4 Å². The summed E-state index contributed by atoms with van der Waals surface area (Å²) in [5.41, 5.74) is 9.48. The van der Waals surface area contributed by atoms with Crippen molar-refractivity contribution in [1.82, 2.24) is 24.6 Å². The second-order valence-corrected chi connectivity index (χ2v) is 6.72.